The summed E-state index contributed by atoms with van der Waals surface area (Å²) in [6, 6.07) is 0. The first-order valence-electron chi connectivity index (χ1n) is 11.5. The fourth-order valence-corrected chi connectivity index (χ4v) is 4.90. The molecule has 12 heteroatoms. The van der Waals surface area contributed by atoms with Gasteiger partial charge in [0.2, 0.25) is 5.89 Å². The highest BCUT2D eigenvalue weighted by Gasteiger charge is 2.27. The first kappa shape index (κ1) is 25.3. The van der Waals surface area contributed by atoms with Crippen molar-refractivity contribution >= 4 is 16.0 Å². The summed E-state index contributed by atoms with van der Waals surface area (Å²) in [5.41, 5.74) is -0.581. The molecule has 1 aliphatic rings. The van der Waals surface area contributed by atoms with Crippen molar-refractivity contribution < 1.29 is 22.5 Å². The van der Waals surface area contributed by atoms with Crippen molar-refractivity contribution in [1.29, 1.82) is 0 Å². The van der Waals surface area contributed by atoms with Crippen LogP contribution in [0, 0.1) is 5.92 Å². The molecule has 0 spiro atoms. The highest BCUT2D eigenvalue weighted by molar-refractivity contribution is 7.89. The summed E-state index contributed by atoms with van der Waals surface area (Å²) >= 11 is 0. The third-order valence-corrected chi connectivity index (χ3v) is 6.85. The molecule has 1 atom stereocenters. The number of nitrogens with zero attached hydrogens (tertiary/aromatic N) is 4. The molecule has 2 N–H and O–H groups in total. The monoisotopic (exact) mass is 482 g/mol. The molecule has 0 unspecified atom stereocenters. The van der Waals surface area contributed by atoms with E-state index in [1.54, 1.807) is 0 Å². The Morgan fingerprint density at radius 1 is 1.30 bits per heavy atom. The number of H-pyrrole nitrogens is 1. The minimum atomic E-state index is -3.87. The van der Waals surface area contributed by atoms with Gasteiger partial charge in [-0.05, 0) is 33.1 Å². The standard InChI is InChI=1S/C21H34N6O5S/c1-21(2,3)31-18(28)12-16(11-7-10-15-8-5-4-6-9-15)19-25-17(27-32-19)13-24-33(29,30)20-22-14-23-26-20/h14-16,24H,4-13H2,1-3H3,(H,22,23,26)/t16-/m1/s1. The lowest BCUT2D eigenvalue weighted by atomic mass is 9.84. The van der Waals surface area contributed by atoms with Gasteiger partial charge in [0.05, 0.1) is 13.0 Å². The maximum Gasteiger partial charge on any atom is 0.307 e. The van der Waals surface area contributed by atoms with Gasteiger partial charge in [-0.15, -0.1) is 0 Å². The second kappa shape index (κ2) is 11.2. The van der Waals surface area contributed by atoms with Crippen LogP contribution in [0.25, 0.3) is 0 Å². The Kier molecular flexibility index (Phi) is 8.57. The quantitative estimate of drug-likeness (QED) is 0.459. The fraction of sp³-hybridized carbons (Fsp3) is 0.762. The Labute approximate surface area is 194 Å². The van der Waals surface area contributed by atoms with Crippen molar-refractivity contribution in [2.75, 3.05) is 0 Å². The largest absolute Gasteiger partial charge is 0.460 e. The number of aromatic amines is 1. The van der Waals surface area contributed by atoms with E-state index in [1.165, 1.54) is 32.1 Å². The van der Waals surface area contributed by atoms with Crippen LogP contribution in [-0.2, 0) is 26.1 Å². The van der Waals surface area contributed by atoms with E-state index >= 15 is 0 Å². The van der Waals surface area contributed by atoms with Gasteiger partial charge in [-0.2, -0.15) is 10.1 Å². The summed E-state index contributed by atoms with van der Waals surface area (Å²) in [5, 5.41) is 9.43. The molecule has 0 aromatic carbocycles. The fourth-order valence-electron chi connectivity index (χ4n) is 4.08. The number of esters is 1. The molecule has 1 fully saturated rings. The van der Waals surface area contributed by atoms with Crippen molar-refractivity contribution in [3.63, 3.8) is 0 Å². The van der Waals surface area contributed by atoms with Crippen molar-refractivity contribution in [2.24, 2.45) is 5.92 Å². The van der Waals surface area contributed by atoms with Crippen LogP contribution >= 0.6 is 0 Å². The zero-order chi connectivity index (χ0) is 23.9. The molecule has 184 valence electrons. The minimum absolute atomic E-state index is 0.132. The molecular weight excluding hydrogens is 448 g/mol. The van der Waals surface area contributed by atoms with Crippen molar-refractivity contribution in [1.82, 2.24) is 30.0 Å². The van der Waals surface area contributed by atoms with Crippen LogP contribution in [-0.4, -0.2) is 45.3 Å². The highest BCUT2D eigenvalue weighted by Crippen LogP contribution is 2.31. The molecule has 2 heterocycles. The Balaban J connectivity index is 1.62. The Morgan fingerprint density at radius 3 is 2.73 bits per heavy atom. The van der Waals surface area contributed by atoms with Gasteiger partial charge in [-0.25, -0.2) is 23.2 Å². The van der Waals surface area contributed by atoms with Gasteiger partial charge >= 0.3 is 5.97 Å². The van der Waals surface area contributed by atoms with Crippen LogP contribution in [0.5, 0.6) is 0 Å². The van der Waals surface area contributed by atoms with Gasteiger partial charge in [0.25, 0.3) is 15.2 Å². The zero-order valence-electron chi connectivity index (χ0n) is 19.5. The topological polar surface area (TPSA) is 153 Å². The lowest BCUT2D eigenvalue weighted by molar-refractivity contribution is -0.155. The number of aromatic nitrogens is 5. The molecule has 0 aliphatic heterocycles. The predicted octanol–water partition coefficient (Wildman–Crippen LogP) is 3.23. The van der Waals surface area contributed by atoms with Crippen LogP contribution in [0.4, 0.5) is 0 Å². The maximum absolute atomic E-state index is 12.5. The minimum Gasteiger partial charge on any atom is -0.460 e. The molecular formula is C21H34N6O5S. The van der Waals surface area contributed by atoms with Gasteiger partial charge in [0.1, 0.15) is 11.9 Å². The summed E-state index contributed by atoms with van der Waals surface area (Å²) in [7, 11) is -3.87. The van der Waals surface area contributed by atoms with Crippen molar-refractivity contribution in [3.05, 3.63) is 18.0 Å². The van der Waals surface area contributed by atoms with Crippen LogP contribution < -0.4 is 4.72 Å². The number of rotatable bonds is 11. The molecule has 3 rings (SSSR count). The Morgan fingerprint density at radius 2 is 2.06 bits per heavy atom. The SMILES string of the molecule is CC(C)(C)OC(=O)C[C@@H](CCCC1CCCCC1)c1nc(CNS(=O)(=O)c2ncn[nH]2)no1. The molecule has 0 bridgehead atoms. The second-order valence-electron chi connectivity index (χ2n) is 9.59. The summed E-state index contributed by atoms with van der Waals surface area (Å²) in [5.74, 6) is 0.629. The predicted molar refractivity (Wildman–Crippen MR) is 118 cm³/mol. The number of carbonyl (C=O) groups excluding carboxylic acids is 1. The average molecular weight is 483 g/mol. The van der Waals surface area contributed by atoms with Crippen LogP contribution in [0.2, 0.25) is 0 Å². The molecule has 2 aromatic heterocycles. The average Bonchev–Trinajstić information content (AvgIpc) is 3.44. The van der Waals surface area contributed by atoms with E-state index < -0.39 is 15.6 Å². The third-order valence-electron chi connectivity index (χ3n) is 5.62. The first-order chi connectivity index (χ1) is 15.6. The molecule has 1 saturated carbocycles. The lowest BCUT2D eigenvalue weighted by Crippen LogP contribution is -2.25. The number of nitrogens with one attached hydrogen (secondary N) is 2. The summed E-state index contributed by atoms with van der Waals surface area (Å²) < 4.78 is 37.6. The molecule has 11 nitrogen and oxygen atoms in total. The van der Waals surface area contributed by atoms with Crippen LogP contribution in [0.1, 0.15) is 96.2 Å². The number of carbonyl (C=O) groups is 1. The lowest BCUT2D eigenvalue weighted by Gasteiger charge is -2.23. The highest BCUT2D eigenvalue weighted by atomic mass is 32.2. The first-order valence-corrected chi connectivity index (χ1v) is 13.0. The zero-order valence-corrected chi connectivity index (χ0v) is 20.4. The van der Waals surface area contributed by atoms with Crippen LogP contribution in [0.15, 0.2) is 16.0 Å². The van der Waals surface area contributed by atoms with Gasteiger partial charge in [-0.1, -0.05) is 50.1 Å². The van der Waals surface area contributed by atoms with E-state index in [0.717, 1.165) is 31.5 Å². The van der Waals surface area contributed by atoms with Crippen molar-refractivity contribution in [2.45, 2.75) is 102 Å². The molecule has 0 radical (unpaired) electrons. The normalized spacial score (nSPS) is 16.6. The van der Waals surface area contributed by atoms with Gasteiger partial charge in [0.15, 0.2) is 5.82 Å². The van der Waals surface area contributed by atoms with E-state index in [1.807, 2.05) is 20.8 Å². The smallest absolute Gasteiger partial charge is 0.307 e. The van der Waals surface area contributed by atoms with E-state index in [9.17, 15) is 13.2 Å². The number of hydrogen-bond acceptors (Lipinski definition) is 9. The second-order valence-corrected chi connectivity index (χ2v) is 11.3. The van der Waals surface area contributed by atoms with E-state index in [2.05, 4.69) is 30.0 Å². The summed E-state index contributed by atoms with van der Waals surface area (Å²) in [6.07, 6.45) is 10.5. The Bertz CT molecular complexity index is 977. The van der Waals surface area contributed by atoms with Crippen molar-refractivity contribution in [3.8, 4) is 0 Å². The number of ether oxygens (including phenoxy) is 1. The molecule has 1 aliphatic carbocycles. The third kappa shape index (κ3) is 8.18. The Hall–Kier alpha value is -2.34. The molecule has 0 saturated heterocycles. The molecule has 0 amide bonds. The molecule has 2 aromatic rings. The maximum atomic E-state index is 12.5. The summed E-state index contributed by atoms with van der Waals surface area (Å²) in [6.45, 7) is 5.31. The van der Waals surface area contributed by atoms with E-state index in [4.69, 9.17) is 9.26 Å². The van der Waals surface area contributed by atoms with Gasteiger partial charge < -0.3 is 9.26 Å². The van der Waals surface area contributed by atoms with E-state index in [0.29, 0.717) is 5.89 Å². The van der Waals surface area contributed by atoms with Gasteiger partial charge in [-0.3, -0.25) is 4.79 Å². The van der Waals surface area contributed by atoms with Gasteiger partial charge in [0, 0.05) is 5.92 Å². The molecule has 33 heavy (non-hydrogen) atoms. The number of hydrogen-bond donors (Lipinski definition) is 2. The summed E-state index contributed by atoms with van der Waals surface area (Å²) in [4.78, 5) is 20.5. The van der Waals surface area contributed by atoms with Crippen LogP contribution in [0.3, 0.4) is 0 Å². The number of sulfonamides is 1. The van der Waals surface area contributed by atoms with E-state index in [-0.39, 0.29) is 35.8 Å².